The Kier molecular flexibility index (Phi) is 8.10. The number of halogens is 1. The van der Waals surface area contributed by atoms with Crippen LogP contribution in [0, 0.1) is 0 Å². The van der Waals surface area contributed by atoms with Crippen LogP contribution in [0.1, 0.15) is 31.0 Å². The number of amides is 4. The van der Waals surface area contributed by atoms with Gasteiger partial charge in [0, 0.05) is 10.7 Å². The number of carbonyl (C=O) groups is 3. The van der Waals surface area contributed by atoms with Gasteiger partial charge in [-0.2, -0.15) is 5.06 Å². The van der Waals surface area contributed by atoms with Crippen LogP contribution in [-0.4, -0.2) is 34.5 Å². The van der Waals surface area contributed by atoms with E-state index in [2.05, 4.69) is 5.32 Å². The quantitative estimate of drug-likeness (QED) is 0.312. The molecule has 1 heterocycles. The predicted molar refractivity (Wildman–Crippen MR) is 138 cm³/mol. The normalized spacial score (nSPS) is 15.2. The number of imide groups is 1. The largest absolute Gasteiger partial charge is 0.457 e. The maximum Gasteiger partial charge on any atom is 0.362 e. The molecule has 190 valence electrons. The number of benzene rings is 3. The number of carbonyl (C=O) groups excluding carboxylic acids is 3. The van der Waals surface area contributed by atoms with E-state index in [1.54, 1.807) is 62.4 Å². The van der Waals surface area contributed by atoms with Crippen LogP contribution in [0.5, 0.6) is 5.75 Å². The molecule has 1 N–H and O–H groups in total. The van der Waals surface area contributed by atoms with Crippen LogP contribution in [0.15, 0.2) is 96.2 Å². The highest BCUT2D eigenvalue weighted by molar-refractivity contribution is 6.30. The van der Waals surface area contributed by atoms with Crippen LogP contribution in [0.3, 0.4) is 0 Å². The van der Waals surface area contributed by atoms with Crippen molar-refractivity contribution in [1.82, 2.24) is 15.3 Å². The average molecular weight is 520 g/mol. The molecule has 4 rings (SSSR count). The van der Waals surface area contributed by atoms with Gasteiger partial charge in [-0.1, -0.05) is 72.3 Å². The summed E-state index contributed by atoms with van der Waals surface area (Å²) in [5, 5.41) is 4.07. The molecule has 9 heteroatoms. The summed E-state index contributed by atoms with van der Waals surface area (Å²) in [6.45, 7) is 3.47. The molecule has 0 saturated carbocycles. The standard InChI is InChI=1S/C28H26ClN3O5/c1-3-31(37-23-15-8-5-9-16-23)28(35)32-25(21-13-10-14-22(29)17-21)24(19(2)30-27(32)34)26(33)36-18-20-11-6-4-7-12-20/h4-17,25H,3,18H2,1-2H3,(H,30,34). The molecule has 0 bridgehead atoms. The Bertz CT molecular complexity index is 1310. The summed E-state index contributed by atoms with van der Waals surface area (Å²) in [5.41, 5.74) is 1.66. The van der Waals surface area contributed by atoms with Crippen molar-refractivity contribution in [3.05, 3.63) is 112 Å². The lowest BCUT2D eigenvalue weighted by molar-refractivity contribution is -0.141. The molecule has 1 atom stereocenters. The average Bonchev–Trinajstić information content (AvgIpc) is 2.91. The second-order valence-electron chi connectivity index (χ2n) is 8.24. The number of urea groups is 2. The molecule has 1 unspecified atom stereocenters. The number of allylic oxidation sites excluding steroid dienone is 1. The van der Waals surface area contributed by atoms with Crippen molar-refractivity contribution in [2.24, 2.45) is 0 Å². The lowest BCUT2D eigenvalue weighted by Gasteiger charge is -2.38. The topological polar surface area (TPSA) is 88.2 Å². The zero-order valence-electron chi connectivity index (χ0n) is 20.4. The lowest BCUT2D eigenvalue weighted by atomic mass is 9.94. The molecule has 1 aliphatic rings. The van der Waals surface area contributed by atoms with Gasteiger partial charge in [0.2, 0.25) is 0 Å². The number of rotatable bonds is 7. The highest BCUT2D eigenvalue weighted by atomic mass is 35.5. The van der Waals surface area contributed by atoms with Gasteiger partial charge in [-0.05, 0) is 49.2 Å². The zero-order chi connectivity index (χ0) is 26.4. The molecule has 0 aromatic heterocycles. The first-order valence-corrected chi connectivity index (χ1v) is 12.1. The minimum atomic E-state index is -1.10. The number of ether oxygens (including phenoxy) is 1. The number of esters is 1. The highest BCUT2D eigenvalue weighted by Gasteiger charge is 2.44. The molecule has 3 aromatic carbocycles. The fraction of sp³-hybridized carbons (Fsp3) is 0.179. The van der Waals surface area contributed by atoms with Crippen LogP contribution in [0.25, 0.3) is 0 Å². The van der Waals surface area contributed by atoms with E-state index in [-0.39, 0.29) is 24.4 Å². The molecular formula is C28H26ClN3O5. The van der Waals surface area contributed by atoms with Gasteiger partial charge in [0.05, 0.1) is 12.1 Å². The van der Waals surface area contributed by atoms with Gasteiger partial charge in [0.1, 0.15) is 12.6 Å². The van der Waals surface area contributed by atoms with E-state index in [0.29, 0.717) is 16.3 Å². The summed E-state index contributed by atoms with van der Waals surface area (Å²) in [4.78, 5) is 47.1. The van der Waals surface area contributed by atoms with Gasteiger partial charge in [-0.25, -0.2) is 19.3 Å². The van der Waals surface area contributed by atoms with Gasteiger partial charge in [-0.15, -0.1) is 0 Å². The summed E-state index contributed by atoms with van der Waals surface area (Å²) in [5.74, 6) is -0.250. The van der Waals surface area contributed by atoms with Crippen molar-refractivity contribution in [3.8, 4) is 5.75 Å². The summed E-state index contributed by atoms with van der Waals surface area (Å²) >= 11 is 6.26. The van der Waals surface area contributed by atoms with E-state index < -0.39 is 24.1 Å². The Morgan fingerprint density at radius 1 is 1.00 bits per heavy atom. The minimum absolute atomic E-state index is 0.0266. The van der Waals surface area contributed by atoms with Gasteiger partial charge in [0.25, 0.3) is 0 Å². The molecule has 1 aliphatic heterocycles. The Morgan fingerprint density at radius 2 is 1.68 bits per heavy atom. The molecule has 0 saturated heterocycles. The number of hydroxylamine groups is 2. The number of para-hydroxylation sites is 1. The Balaban J connectivity index is 1.71. The van der Waals surface area contributed by atoms with E-state index >= 15 is 0 Å². The lowest BCUT2D eigenvalue weighted by Crippen LogP contribution is -2.56. The second kappa shape index (κ2) is 11.6. The third kappa shape index (κ3) is 5.92. The molecule has 0 spiro atoms. The van der Waals surface area contributed by atoms with Crippen molar-refractivity contribution < 1.29 is 24.0 Å². The zero-order valence-corrected chi connectivity index (χ0v) is 21.1. The third-order valence-electron chi connectivity index (χ3n) is 5.71. The highest BCUT2D eigenvalue weighted by Crippen LogP contribution is 2.36. The minimum Gasteiger partial charge on any atom is -0.457 e. The van der Waals surface area contributed by atoms with E-state index in [9.17, 15) is 14.4 Å². The first kappa shape index (κ1) is 25.8. The van der Waals surface area contributed by atoms with Crippen molar-refractivity contribution in [2.45, 2.75) is 26.5 Å². The summed E-state index contributed by atoms with van der Waals surface area (Å²) in [6.07, 6.45) is 0. The first-order chi connectivity index (χ1) is 17.9. The summed E-state index contributed by atoms with van der Waals surface area (Å²) in [6, 6.07) is 22.1. The maximum absolute atomic E-state index is 13.7. The van der Waals surface area contributed by atoms with Gasteiger partial charge in [0.15, 0.2) is 5.75 Å². The molecule has 37 heavy (non-hydrogen) atoms. The number of hydrogen-bond acceptors (Lipinski definition) is 5. The first-order valence-electron chi connectivity index (χ1n) is 11.7. The van der Waals surface area contributed by atoms with Crippen molar-refractivity contribution >= 4 is 29.6 Å². The SMILES string of the molecule is CCN(Oc1ccccc1)C(=O)N1C(=O)NC(C)=C(C(=O)OCc2ccccc2)C1c1cccc(Cl)c1. The molecule has 0 aliphatic carbocycles. The molecule has 3 aromatic rings. The number of hydrogen-bond donors (Lipinski definition) is 1. The molecule has 4 amide bonds. The summed E-state index contributed by atoms with van der Waals surface area (Å²) in [7, 11) is 0. The Hall–Kier alpha value is -4.30. The summed E-state index contributed by atoms with van der Waals surface area (Å²) < 4.78 is 5.60. The van der Waals surface area contributed by atoms with E-state index in [1.165, 1.54) is 0 Å². The van der Waals surface area contributed by atoms with Crippen LogP contribution in [0.4, 0.5) is 9.59 Å². The molecular weight excluding hydrogens is 494 g/mol. The smallest absolute Gasteiger partial charge is 0.362 e. The van der Waals surface area contributed by atoms with Crippen LogP contribution in [0.2, 0.25) is 5.02 Å². The van der Waals surface area contributed by atoms with Crippen molar-refractivity contribution in [2.75, 3.05) is 6.54 Å². The van der Waals surface area contributed by atoms with Crippen LogP contribution in [-0.2, 0) is 16.1 Å². The second-order valence-corrected chi connectivity index (χ2v) is 8.68. The predicted octanol–water partition coefficient (Wildman–Crippen LogP) is 5.86. The third-order valence-corrected chi connectivity index (χ3v) is 5.95. The number of nitrogens with zero attached hydrogens (tertiary/aromatic N) is 2. The van der Waals surface area contributed by atoms with Crippen molar-refractivity contribution in [3.63, 3.8) is 0 Å². The number of nitrogens with one attached hydrogen (secondary N) is 1. The van der Waals surface area contributed by atoms with E-state index in [0.717, 1.165) is 15.5 Å². The monoisotopic (exact) mass is 519 g/mol. The Labute approximate surface area is 220 Å². The van der Waals surface area contributed by atoms with Gasteiger partial charge < -0.3 is 14.9 Å². The fourth-order valence-corrected chi connectivity index (χ4v) is 4.16. The molecule has 0 fully saturated rings. The molecule has 0 radical (unpaired) electrons. The van der Waals surface area contributed by atoms with Crippen LogP contribution >= 0.6 is 11.6 Å². The van der Waals surface area contributed by atoms with Gasteiger partial charge >= 0.3 is 18.0 Å². The Morgan fingerprint density at radius 3 is 2.32 bits per heavy atom. The fourth-order valence-electron chi connectivity index (χ4n) is 3.96. The van der Waals surface area contributed by atoms with Crippen molar-refractivity contribution in [1.29, 1.82) is 0 Å². The van der Waals surface area contributed by atoms with Gasteiger partial charge in [-0.3, -0.25) is 0 Å². The molecule has 8 nitrogen and oxygen atoms in total. The van der Waals surface area contributed by atoms with E-state index in [1.807, 2.05) is 36.4 Å². The van der Waals surface area contributed by atoms with E-state index in [4.69, 9.17) is 21.2 Å². The maximum atomic E-state index is 13.7. The van der Waals surface area contributed by atoms with Crippen LogP contribution < -0.4 is 10.2 Å².